The molecular weight excluding hydrogens is 647 g/mol. The van der Waals surface area contributed by atoms with Crippen LogP contribution in [0.3, 0.4) is 0 Å². The molecule has 3 nitrogen and oxygen atoms in total. The molecular formula is C45H27N3S2. The zero-order chi connectivity index (χ0) is 33.0. The Labute approximate surface area is 296 Å². The van der Waals surface area contributed by atoms with Crippen molar-refractivity contribution in [2.75, 3.05) is 0 Å². The van der Waals surface area contributed by atoms with Crippen LogP contribution in [-0.4, -0.2) is 15.0 Å². The summed E-state index contributed by atoms with van der Waals surface area (Å²) in [4.78, 5) is 15.3. The molecule has 10 aromatic rings. The Bertz CT molecular complexity index is 2710. The maximum absolute atomic E-state index is 5.15. The molecule has 3 aromatic heterocycles. The summed E-state index contributed by atoms with van der Waals surface area (Å²) in [5.74, 6) is 1.95. The molecule has 0 N–H and O–H groups in total. The lowest BCUT2D eigenvalue weighted by Gasteiger charge is -2.11. The first kappa shape index (κ1) is 29.0. The second kappa shape index (κ2) is 11.8. The van der Waals surface area contributed by atoms with Crippen LogP contribution >= 0.6 is 22.7 Å². The minimum absolute atomic E-state index is 0.649. The van der Waals surface area contributed by atoms with Gasteiger partial charge in [0.1, 0.15) is 0 Å². The van der Waals surface area contributed by atoms with Crippen molar-refractivity contribution in [1.82, 2.24) is 15.0 Å². The lowest BCUT2D eigenvalue weighted by molar-refractivity contribution is 1.07. The van der Waals surface area contributed by atoms with E-state index >= 15 is 0 Å². The Balaban J connectivity index is 1.12. The molecule has 0 atom stereocenters. The minimum Gasteiger partial charge on any atom is -0.208 e. The average molecular weight is 674 g/mol. The molecule has 234 valence electrons. The summed E-state index contributed by atoms with van der Waals surface area (Å²) >= 11 is 3.69. The Kier molecular flexibility index (Phi) is 6.86. The highest BCUT2D eigenvalue weighted by atomic mass is 32.1. The van der Waals surface area contributed by atoms with E-state index in [9.17, 15) is 0 Å². The van der Waals surface area contributed by atoms with Crippen LogP contribution in [0.15, 0.2) is 164 Å². The third-order valence-corrected chi connectivity index (χ3v) is 11.8. The number of hydrogen-bond donors (Lipinski definition) is 0. The van der Waals surface area contributed by atoms with E-state index in [0.29, 0.717) is 17.5 Å². The molecule has 50 heavy (non-hydrogen) atoms. The second-order valence-corrected chi connectivity index (χ2v) is 14.5. The van der Waals surface area contributed by atoms with Crippen LogP contribution in [0.25, 0.3) is 96.8 Å². The summed E-state index contributed by atoms with van der Waals surface area (Å²) in [7, 11) is 0. The number of aromatic nitrogens is 3. The zero-order valence-corrected chi connectivity index (χ0v) is 28.4. The van der Waals surface area contributed by atoms with Gasteiger partial charge >= 0.3 is 0 Å². The smallest absolute Gasteiger partial charge is 0.164 e. The number of benzene rings is 7. The molecule has 7 aromatic carbocycles. The van der Waals surface area contributed by atoms with E-state index in [1.54, 1.807) is 0 Å². The average Bonchev–Trinajstić information content (AvgIpc) is 3.77. The van der Waals surface area contributed by atoms with Crippen molar-refractivity contribution in [3.05, 3.63) is 164 Å². The molecule has 0 saturated heterocycles. The van der Waals surface area contributed by atoms with Gasteiger partial charge in [0.05, 0.1) is 0 Å². The van der Waals surface area contributed by atoms with Gasteiger partial charge in [0.2, 0.25) is 0 Å². The number of thiophene rings is 2. The van der Waals surface area contributed by atoms with E-state index in [0.717, 1.165) is 27.8 Å². The predicted molar refractivity (Wildman–Crippen MR) is 213 cm³/mol. The Morgan fingerprint density at radius 3 is 1.20 bits per heavy atom. The molecule has 0 bridgehead atoms. The second-order valence-electron chi connectivity index (χ2n) is 12.4. The highest BCUT2D eigenvalue weighted by Crippen LogP contribution is 2.42. The normalized spacial score (nSPS) is 11.6. The van der Waals surface area contributed by atoms with E-state index in [1.807, 2.05) is 40.9 Å². The molecule has 0 spiro atoms. The number of nitrogens with zero attached hydrogens (tertiary/aromatic N) is 3. The molecule has 0 unspecified atom stereocenters. The minimum atomic E-state index is 0.649. The lowest BCUT2D eigenvalue weighted by atomic mass is 10.00. The molecule has 0 saturated carbocycles. The van der Waals surface area contributed by atoms with Crippen LogP contribution in [0, 0.1) is 0 Å². The van der Waals surface area contributed by atoms with E-state index in [-0.39, 0.29) is 0 Å². The van der Waals surface area contributed by atoms with Crippen molar-refractivity contribution in [1.29, 1.82) is 0 Å². The van der Waals surface area contributed by atoms with Crippen LogP contribution < -0.4 is 0 Å². The Hall–Kier alpha value is -6.01. The van der Waals surface area contributed by atoms with Crippen molar-refractivity contribution in [2.24, 2.45) is 0 Å². The molecule has 0 aliphatic heterocycles. The van der Waals surface area contributed by atoms with Gasteiger partial charge in [-0.25, -0.2) is 15.0 Å². The largest absolute Gasteiger partial charge is 0.208 e. The van der Waals surface area contributed by atoms with Crippen LogP contribution in [-0.2, 0) is 0 Å². The summed E-state index contributed by atoms with van der Waals surface area (Å²) in [6.45, 7) is 0. The van der Waals surface area contributed by atoms with Crippen LogP contribution in [0.1, 0.15) is 0 Å². The molecule has 0 fully saturated rings. The molecule has 3 heterocycles. The maximum atomic E-state index is 5.15. The van der Waals surface area contributed by atoms with Gasteiger partial charge in [0, 0.05) is 57.0 Å². The third-order valence-electron chi connectivity index (χ3n) is 9.34. The van der Waals surface area contributed by atoms with Gasteiger partial charge in [-0.15, -0.1) is 22.7 Å². The first-order chi connectivity index (χ1) is 24.8. The van der Waals surface area contributed by atoms with E-state index in [1.165, 1.54) is 51.5 Å². The van der Waals surface area contributed by atoms with Gasteiger partial charge in [-0.2, -0.15) is 0 Å². The summed E-state index contributed by atoms with van der Waals surface area (Å²) in [6.07, 6.45) is 0. The quantitative estimate of drug-likeness (QED) is 0.182. The lowest BCUT2D eigenvalue weighted by Crippen LogP contribution is -2.00. The third kappa shape index (κ3) is 4.90. The summed E-state index contributed by atoms with van der Waals surface area (Å²) in [6, 6.07) is 57.9. The molecule has 0 aliphatic rings. The van der Waals surface area contributed by atoms with Gasteiger partial charge < -0.3 is 0 Å². The molecule has 0 aliphatic carbocycles. The van der Waals surface area contributed by atoms with Gasteiger partial charge in [-0.05, 0) is 46.5 Å². The highest BCUT2D eigenvalue weighted by Gasteiger charge is 2.16. The van der Waals surface area contributed by atoms with Gasteiger partial charge in [0.15, 0.2) is 17.5 Å². The topological polar surface area (TPSA) is 38.7 Å². The first-order valence-electron chi connectivity index (χ1n) is 16.6. The summed E-state index contributed by atoms with van der Waals surface area (Å²) in [5.41, 5.74) is 7.56. The zero-order valence-electron chi connectivity index (χ0n) is 26.7. The van der Waals surface area contributed by atoms with Crippen LogP contribution in [0.5, 0.6) is 0 Å². The van der Waals surface area contributed by atoms with Gasteiger partial charge in [-0.3, -0.25) is 0 Å². The summed E-state index contributed by atoms with van der Waals surface area (Å²) < 4.78 is 5.17. The first-order valence-corrected chi connectivity index (χ1v) is 18.2. The number of rotatable bonds is 5. The van der Waals surface area contributed by atoms with E-state index < -0.39 is 0 Å². The van der Waals surface area contributed by atoms with Crippen molar-refractivity contribution in [3.63, 3.8) is 0 Å². The monoisotopic (exact) mass is 673 g/mol. The fraction of sp³-hybridized carbons (Fsp3) is 0. The summed E-state index contributed by atoms with van der Waals surface area (Å²) in [5, 5.41) is 5.17. The van der Waals surface area contributed by atoms with Crippen molar-refractivity contribution < 1.29 is 0 Å². The Morgan fingerprint density at radius 2 is 0.680 bits per heavy atom. The number of hydrogen-bond acceptors (Lipinski definition) is 5. The van der Waals surface area contributed by atoms with Crippen molar-refractivity contribution in [2.45, 2.75) is 0 Å². The van der Waals surface area contributed by atoms with Crippen molar-refractivity contribution in [3.8, 4) is 56.4 Å². The van der Waals surface area contributed by atoms with Gasteiger partial charge in [0.25, 0.3) is 0 Å². The fourth-order valence-corrected chi connectivity index (χ4v) is 9.43. The highest BCUT2D eigenvalue weighted by molar-refractivity contribution is 7.26. The van der Waals surface area contributed by atoms with Crippen LogP contribution in [0.4, 0.5) is 0 Å². The molecule has 0 radical (unpaired) electrons. The fourth-order valence-electron chi connectivity index (χ4n) is 6.95. The SMILES string of the molecule is c1ccc(-c2nc(-c3cccc(-c4cccc5c4sc4ccccc45)c3)nc(-c3cccc(-c4cccc5c4sc4ccccc45)c3)n2)cc1. The standard InChI is InChI=1S/C45H27N3S2/c1-2-12-28(13-3-1)43-46-44(31-16-8-14-29(26-31)33-20-10-22-37-35-18-4-6-24-39(35)49-41(33)37)48-45(47-43)32-17-9-15-30(27-32)34-21-11-23-38-36-19-5-7-25-40(36)50-42(34)38/h1-27H. The Morgan fingerprint density at radius 1 is 0.300 bits per heavy atom. The molecule has 0 amide bonds. The van der Waals surface area contributed by atoms with E-state index in [2.05, 4.69) is 146 Å². The van der Waals surface area contributed by atoms with Gasteiger partial charge in [-0.1, -0.05) is 140 Å². The molecule has 10 rings (SSSR count). The van der Waals surface area contributed by atoms with E-state index in [4.69, 9.17) is 15.0 Å². The molecule has 5 heteroatoms. The number of fused-ring (bicyclic) bond motifs is 6. The van der Waals surface area contributed by atoms with Crippen molar-refractivity contribution >= 4 is 63.0 Å². The maximum Gasteiger partial charge on any atom is 0.164 e. The predicted octanol–water partition coefficient (Wildman–Crippen LogP) is 12.9. The van der Waals surface area contributed by atoms with Crippen LogP contribution in [0.2, 0.25) is 0 Å².